The van der Waals surface area contributed by atoms with Gasteiger partial charge >= 0.3 is 0 Å². The van der Waals surface area contributed by atoms with Gasteiger partial charge in [-0.2, -0.15) is 5.10 Å². The summed E-state index contributed by atoms with van der Waals surface area (Å²) in [5.41, 5.74) is 2.57. The molecule has 5 rings (SSSR count). The third kappa shape index (κ3) is 4.27. The Labute approximate surface area is 203 Å². The first-order chi connectivity index (χ1) is 16.0. The smallest absolute Gasteiger partial charge is 0.234 e. The van der Waals surface area contributed by atoms with Crippen LogP contribution < -0.4 is 5.32 Å². The Bertz CT molecular complexity index is 1460. The van der Waals surface area contributed by atoms with E-state index in [9.17, 15) is 4.79 Å². The van der Waals surface area contributed by atoms with E-state index in [1.807, 2.05) is 65.7 Å². The van der Waals surface area contributed by atoms with Crippen molar-refractivity contribution < 1.29 is 4.79 Å². The Balaban J connectivity index is 1.36. The van der Waals surface area contributed by atoms with Gasteiger partial charge in [0.2, 0.25) is 5.91 Å². The average molecular weight is 495 g/mol. The van der Waals surface area contributed by atoms with Crippen LogP contribution in [-0.4, -0.2) is 36.2 Å². The molecule has 1 amide bonds. The van der Waals surface area contributed by atoms with Gasteiger partial charge in [-0.1, -0.05) is 53.7 Å². The Morgan fingerprint density at radius 2 is 1.88 bits per heavy atom. The van der Waals surface area contributed by atoms with Crippen molar-refractivity contribution in [3.8, 4) is 16.4 Å². The van der Waals surface area contributed by atoms with Crippen molar-refractivity contribution in [2.75, 3.05) is 11.1 Å². The van der Waals surface area contributed by atoms with Crippen LogP contribution in [0, 0.1) is 6.92 Å². The molecule has 1 N–H and O–H groups in total. The molecule has 166 valence electrons. The standard InChI is InChI=1S/C23H19ClN6OS2/c1-14-16-12-19(33-22(16)30(28-14)15-8-4-3-5-9-15)21-26-27-23(29(21)2)32-13-20(31)25-18-11-7-6-10-17(18)24/h3-12H,13H2,1-2H3,(H,25,31). The quantitative estimate of drug-likeness (QED) is 0.312. The van der Waals surface area contributed by atoms with Gasteiger partial charge in [-0.3, -0.25) is 4.79 Å². The zero-order valence-corrected chi connectivity index (χ0v) is 20.2. The van der Waals surface area contributed by atoms with Crippen LogP contribution in [0.15, 0.2) is 65.8 Å². The second-order valence-electron chi connectivity index (χ2n) is 7.34. The second kappa shape index (κ2) is 9.01. The van der Waals surface area contributed by atoms with Gasteiger partial charge in [-0.05, 0) is 37.3 Å². The third-order valence-corrected chi connectivity index (χ3v) is 7.54. The SMILES string of the molecule is Cc1nn(-c2ccccc2)c2sc(-c3nnc(SCC(=O)Nc4ccccc4Cl)n3C)cc12. The summed E-state index contributed by atoms with van der Waals surface area (Å²) in [7, 11) is 1.91. The lowest BCUT2D eigenvalue weighted by atomic mass is 10.3. The van der Waals surface area contributed by atoms with E-state index in [4.69, 9.17) is 16.7 Å². The highest BCUT2D eigenvalue weighted by molar-refractivity contribution is 7.99. The summed E-state index contributed by atoms with van der Waals surface area (Å²) in [6.45, 7) is 2.01. The molecule has 0 radical (unpaired) electrons. The number of aromatic nitrogens is 5. The topological polar surface area (TPSA) is 77.6 Å². The molecule has 10 heteroatoms. The van der Waals surface area contributed by atoms with Crippen molar-refractivity contribution in [3.63, 3.8) is 0 Å². The molecule has 3 aromatic heterocycles. The monoisotopic (exact) mass is 494 g/mol. The van der Waals surface area contributed by atoms with Gasteiger partial charge in [0.15, 0.2) is 11.0 Å². The van der Waals surface area contributed by atoms with E-state index < -0.39 is 0 Å². The van der Waals surface area contributed by atoms with E-state index in [0.717, 1.165) is 32.3 Å². The summed E-state index contributed by atoms with van der Waals surface area (Å²) in [6.07, 6.45) is 0. The first kappa shape index (κ1) is 21.7. The van der Waals surface area contributed by atoms with Crippen LogP contribution >= 0.6 is 34.7 Å². The number of halogens is 1. The molecule has 7 nitrogen and oxygen atoms in total. The van der Waals surface area contributed by atoms with Crippen LogP contribution in [0.5, 0.6) is 0 Å². The first-order valence-corrected chi connectivity index (χ1v) is 12.3. The van der Waals surface area contributed by atoms with Gasteiger partial charge in [-0.15, -0.1) is 21.5 Å². The van der Waals surface area contributed by atoms with Gasteiger partial charge in [-0.25, -0.2) is 4.68 Å². The number of fused-ring (bicyclic) bond motifs is 1. The van der Waals surface area contributed by atoms with Crippen LogP contribution in [0.2, 0.25) is 5.02 Å². The fourth-order valence-corrected chi connectivity index (χ4v) is 5.53. The molecular weight excluding hydrogens is 476 g/mol. The molecule has 2 aromatic carbocycles. The van der Waals surface area contributed by atoms with Crippen LogP contribution in [0.4, 0.5) is 5.69 Å². The minimum Gasteiger partial charge on any atom is -0.324 e. The number of rotatable bonds is 6. The van der Waals surface area contributed by atoms with E-state index in [2.05, 4.69) is 21.6 Å². The van der Waals surface area contributed by atoms with E-state index in [-0.39, 0.29) is 11.7 Å². The number of nitrogens with one attached hydrogen (secondary N) is 1. The largest absolute Gasteiger partial charge is 0.324 e. The van der Waals surface area contributed by atoms with Crippen molar-refractivity contribution in [3.05, 3.63) is 71.4 Å². The summed E-state index contributed by atoms with van der Waals surface area (Å²) in [4.78, 5) is 14.4. The number of carbonyl (C=O) groups excluding carboxylic acids is 1. The summed E-state index contributed by atoms with van der Waals surface area (Å²) in [5, 5.41) is 18.5. The van der Waals surface area contributed by atoms with Crippen LogP contribution in [-0.2, 0) is 11.8 Å². The fraction of sp³-hybridized carbons (Fsp3) is 0.130. The second-order valence-corrected chi connectivity index (χ2v) is 9.72. The zero-order valence-electron chi connectivity index (χ0n) is 17.8. The number of hydrogen-bond donors (Lipinski definition) is 1. The minimum absolute atomic E-state index is 0.155. The van der Waals surface area contributed by atoms with E-state index in [1.54, 1.807) is 23.5 Å². The molecule has 5 aromatic rings. The third-order valence-electron chi connectivity index (χ3n) is 5.08. The molecule has 0 fully saturated rings. The lowest BCUT2D eigenvalue weighted by Gasteiger charge is -2.06. The molecule has 0 spiro atoms. The van der Waals surface area contributed by atoms with Crippen molar-refractivity contribution in [1.82, 2.24) is 24.5 Å². The van der Waals surface area contributed by atoms with Gasteiger partial charge < -0.3 is 9.88 Å². The number of para-hydroxylation sites is 2. The number of benzene rings is 2. The van der Waals surface area contributed by atoms with Gasteiger partial charge in [0.05, 0.1) is 32.7 Å². The minimum atomic E-state index is -0.155. The molecule has 33 heavy (non-hydrogen) atoms. The molecule has 0 atom stereocenters. The number of thioether (sulfide) groups is 1. The molecule has 3 heterocycles. The predicted molar refractivity (Wildman–Crippen MR) is 134 cm³/mol. The first-order valence-electron chi connectivity index (χ1n) is 10.1. The maximum atomic E-state index is 12.4. The van der Waals surface area contributed by atoms with Crippen LogP contribution in [0.3, 0.4) is 0 Å². The summed E-state index contributed by atoms with van der Waals surface area (Å²) in [6, 6.07) is 19.3. The highest BCUT2D eigenvalue weighted by atomic mass is 35.5. The van der Waals surface area contributed by atoms with Crippen molar-refractivity contribution in [2.45, 2.75) is 12.1 Å². The number of nitrogens with zero attached hydrogens (tertiary/aromatic N) is 5. The molecule has 0 saturated carbocycles. The lowest BCUT2D eigenvalue weighted by molar-refractivity contribution is -0.113. The fourth-order valence-electron chi connectivity index (χ4n) is 3.44. The molecule has 0 aliphatic carbocycles. The maximum absolute atomic E-state index is 12.4. The molecule has 0 aliphatic heterocycles. The van der Waals surface area contributed by atoms with Gasteiger partial charge in [0.25, 0.3) is 0 Å². The summed E-state index contributed by atoms with van der Waals surface area (Å²) < 4.78 is 3.87. The van der Waals surface area contributed by atoms with Crippen molar-refractivity contribution in [2.24, 2.45) is 7.05 Å². The molecule has 0 unspecified atom stereocenters. The van der Waals surface area contributed by atoms with Gasteiger partial charge in [0, 0.05) is 12.4 Å². The predicted octanol–water partition coefficient (Wildman–Crippen LogP) is 5.58. The summed E-state index contributed by atoms with van der Waals surface area (Å²) >= 11 is 9.07. The zero-order chi connectivity index (χ0) is 22.9. The van der Waals surface area contributed by atoms with Crippen LogP contribution in [0.25, 0.3) is 26.6 Å². The highest BCUT2D eigenvalue weighted by Crippen LogP contribution is 2.36. The van der Waals surface area contributed by atoms with E-state index in [1.165, 1.54) is 11.8 Å². The number of hydrogen-bond acceptors (Lipinski definition) is 6. The Morgan fingerprint density at radius 3 is 2.67 bits per heavy atom. The number of thiophene rings is 1. The molecular formula is C23H19ClN6OS2. The van der Waals surface area contributed by atoms with E-state index >= 15 is 0 Å². The lowest BCUT2D eigenvalue weighted by Crippen LogP contribution is -2.14. The number of amides is 1. The van der Waals surface area contributed by atoms with Crippen molar-refractivity contribution in [1.29, 1.82) is 0 Å². The van der Waals surface area contributed by atoms with Gasteiger partial charge in [0.1, 0.15) is 4.83 Å². The molecule has 0 saturated heterocycles. The normalized spacial score (nSPS) is 11.2. The van der Waals surface area contributed by atoms with Crippen molar-refractivity contribution >= 4 is 56.5 Å². The highest BCUT2D eigenvalue weighted by Gasteiger charge is 2.19. The average Bonchev–Trinajstić information content (AvgIpc) is 3.49. The number of aryl methyl sites for hydroxylation is 1. The van der Waals surface area contributed by atoms with E-state index in [0.29, 0.717) is 15.9 Å². The maximum Gasteiger partial charge on any atom is 0.234 e. The Morgan fingerprint density at radius 1 is 1.12 bits per heavy atom. The number of carbonyl (C=O) groups is 1. The molecule has 0 bridgehead atoms. The number of anilines is 1. The molecule has 0 aliphatic rings. The van der Waals surface area contributed by atoms with Crippen LogP contribution in [0.1, 0.15) is 5.69 Å². The Hall–Kier alpha value is -3.14. The summed E-state index contributed by atoms with van der Waals surface area (Å²) in [5.74, 6) is 0.799. The Kier molecular flexibility index (Phi) is 5.92.